The third-order valence-corrected chi connectivity index (χ3v) is 4.22. The van der Waals surface area contributed by atoms with Crippen molar-refractivity contribution in [3.63, 3.8) is 0 Å². The van der Waals surface area contributed by atoms with E-state index in [0.717, 1.165) is 4.09 Å². The van der Waals surface area contributed by atoms with Gasteiger partial charge in [0.1, 0.15) is 4.90 Å². The summed E-state index contributed by atoms with van der Waals surface area (Å²) in [7, 11) is -1.95. The van der Waals surface area contributed by atoms with Gasteiger partial charge in [-0.2, -0.15) is 22.7 Å². The van der Waals surface area contributed by atoms with E-state index in [-0.39, 0.29) is 4.90 Å². The van der Waals surface area contributed by atoms with E-state index >= 15 is 0 Å². The molecule has 0 fully saturated rings. The fourth-order valence-corrected chi connectivity index (χ4v) is 3.33. The second-order valence-corrected chi connectivity index (χ2v) is 5.76. The van der Waals surface area contributed by atoms with E-state index < -0.39 is 10.0 Å². The summed E-state index contributed by atoms with van der Waals surface area (Å²) >= 11 is 0. The van der Waals surface area contributed by atoms with Gasteiger partial charge in [-0.25, -0.2) is 0 Å². The van der Waals surface area contributed by atoms with Gasteiger partial charge in [0.25, 0.3) is 10.0 Å². The molecule has 2 heterocycles. The van der Waals surface area contributed by atoms with E-state index in [4.69, 9.17) is 0 Å². The molecule has 7 heteroatoms. The molecule has 0 aliphatic rings. The van der Waals surface area contributed by atoms with Crippen LogP contribution in [0.2, 0.25) is 0 Å². The molecule has 2 rings (SSSR count). The van der Waals surface area contributed by atoms with E-state index in [1.807, 2.05) is 0 Å². The normalized spacial score (nSPS) is 12.0. The average Bonchev–Trinajstić information content (AvgIpc) is 2.70. The predicted octanol–water partition coefficient (Wildman–Crippen LogP) is 0.779. The smallest absolute Gasteiger partial charge is 0.274 e. The fourth-order valence-electron chi connectivity index (χ4n) is 1.78. The third-order valence-electron chi connectivity index (χ3n) is 2.44. The van der Waals surface area contributed by atoms with Gasteiger partial charge in [-0.05, 0) is 26.8 Å². The quantitative estimate of drug-likeness (QED) is 0.794. The Bertz CT molecular complexity index is 614. The second-order valence-electron chi connectivity index (χ2n) is 4.03. The Labute approximate surface area is 99.9 Å². The molecule has 0 bridgehead atoms. The van der Waals surface area contributed by atoms with Gasteiger partial charge >= 0.3 is 0 Å². The maximum atomic E-state index is 12.3. The molecule has 0 spiro atoms. The van der Waals surface area contributed by atoms with Crippen LogP contribution >= 0.6 is 0 Å². The Kier molecular flexibility index (Phi) is 2.57. The van der Waals surface area contributed by atoms with Gasteiger partial charge in [-0.1, -0.05) is 0 Å². The molecule has 0 atom stereocenters. The van der Waals surface area contributed by atoms with Crippen LogP contribution in [0.1, 0.15) is 17.1 Å². The minimum Gasteiger partial charge on any atom is -0.274 e. The highest BCUT2D eigenvalue weighted by molar-refractivity contribution is 7.90. The molecule has 17 heavy (non-hydrogen) atoms. The van der Waals surface area contributed by atoms with Crippen molar-refractivity contribution in [2.75, 3.05) is 0 Å². The van der Waals surface area contributed by atoms with Gasteiger partial charge in [-0.3, -0.25) is 4.68 Å². The maximum Gasteiger partial charge on any atom is 0.286 e. The number of nitrogens with zero attached hydrogens (tertiary/aromatic N) is 4. The minimum atomic E-state index is -3.64. The Morgan fingerprint density at radius 3 is 2.24 bits per heavy atom. The lowest BCUT2D eigenvalue weighted by Crippen LogP contribution is -2.16. The summed E-state index contributed by atoms with van der Waals surface area (Å²) in [6.07, 6.45) is 1.49. The molecular weight excluding hydrogens is 240 g/mol. The van der Waals surface area contributed by atoms with Crippen LogP contribution in [0, 0.1) is 20.8 Å². The van der Waals surface area contributed by atoms with Gasteiger partial charge in [0.2, 0.25) is 0 Å². The zero-order valence-electron chi connectivity index (χ0n) is 10.2. The summed E-state index contributed by atoms with van der Waals surface area (Å²) in [6.45, 7) is 5.14. The van der Waals surface area contributed by atoms with Crippen LogP contribution in [0.25, 0.3) is 0 Å². The van der Waals surface area contributed by atoms with Crippen LogP contribution < -0.4 is 0 Å². The molecule has 0 saturated carbocycles. The maximum absolute atomic E-state index is 12.3. The standard InChI is InChI=1S/C10H14N4O2S/c1-7-5-8(2)14(11-7)17(15,16)10-6-13(4)12-9(10)3/h5-6H,1-4H3. The zero-order chi connectivity index (χ0) is 12.8. The van der Waals surface area contributed by atoms with Crippen LogP contribution in [0.4, 0.5) is 0 Å². The number of hydrogen-bond acceptors (Lipinski definition) is 4. The predicted molar refractivity (Wildman–Crippen MR) is 62.2 cm³/mol. The van der Waals surface area contributed by atoms with Gasteiger partial charge < -0.3 is 0 Å². The molecular formula is C10H14N4O2S. The third kappa shape index (κ3) is 1.86. The Morgan fingerprint density at radius 2 is 1.82 bits per heavy atom. The number of rotatable bonds is 2. The van der Waals surface area contributed by atoms with Crippen LogP contribution in [0.5, 0.6) is 0 Å². The van der Waals surface area contributed by atoms with E-state index in [0.29, 0.717) is 17.1 Å². The average molecular weight is 254 g/mol. The number of aryl methyl sites for hydroxylation is 4. The molecule has 0 aliphatic heterocycles. The molecule has 0 saturated heterocycles. The Hall–Kier alpha value is -1.63. The van der Waals surface area contributed by atoms with Crippen molar-refractivity contribution in [2.45, 2.75) is 25.7 Å². The van der Waals surface area contributed by atoms with Crippen molar-refractivity contribution < 1.29 is 8.42 Å². The summed E-state index contributed by atoms with van der Waals surface area (Å²) < 4.78 is 27.2. The number of aromatic nitrogens is 4. The van der Waals surface area contributed by atoms with Gasteiger partial charge in [0.15, 0.2) is 0 Å². The first-order chi connectivity index (χ1) is 7.82. The zero-order valence-corrected chi connectivity index (χ0v) is 11.0. The van der Waals surface area contributed by atoms with Crippen molar-refractivity contribution >= 4 is 10.0 Å². The molecule has 0 aromatic carbocycles. The molecule has 0 unspecified atom stereocenters. The molecule has 6 nitrogen and oxygen atoms in total. The van der Waals surface area contributed by atoms with E-state index in [9.17, 15) is 8.42 Å². The van der Waals surface area contributed by atoms with E-state index in [1.165, 1.54) is 10.9 Å². The highest BCUT2D eigenvalue weighted by Crippen LogP contribution is 2.18. The first-order valence-corrected chi connectivity index (χ1v) is 6.55. The SMILES string of the molecule is Cc1cc(C)n(S(=O)(=O)c2cn(C)nc2C)n1. The van der Waals surface area contributed by atoms with Crippen molar-refractivity contribution in [2.24, 2.45) is 7.05 Å². The van der Waals surface area contributed by atoms with Crippen molar-refractivity contribution in [3.05, 3.63) is 29.3 Å². The minimum absolute atomic E-state index is 0.186. The summed E-state index contributed by atoms with van der Waals surface area (Å²) in [6, 6.07) is 1.73. The first kappa shape index (κ1) is 11.8. The van der Waals surface area contributed by atoms with Crippen molar-refractivity contribution in [3.8, 4) is 0 Å². The second kappa shape index (κ2) is 3.69. The summed E-state index contributed by atoms with van der Waals surface area (Å²) in [5.41, 5.74) is 1.73. The summed E-state index contributed by atoms with van der Waals surface area (Å²) in [5, 5.41) is 8.04. The lowest BCUT2D eigenvalue weighted by Gasteiger charge is -2.04. The van der Waals surface area contributed by atoms with E-state index in [1.54, 1.807) is 33.9 Å². The lowest BCUT2D eigenvalue weighted by atomic mass is 10.4. The summed E-state index contributed by atoms with van der Waals surface area (Å²) in [4.78, 5) is 0.186. The van der Waals surface area contributed by atoms with E-state index in [2.05, 4.69) is 10.2 Å². The molecule has 2 aromatic heterocycles. The highest BCUT2D eigenvalue weighted by atomic mass is 32.2. The van der Waals surface area contributed by atoms with Gasteiger partial charge in [0.05, 0.1) is 17.1 Å². The molecule has 0 amide bonds. The molecule has 0 N–H and O–H groups in total. The Balaban J connectivity index is 2.65. The number of hydrogen-bond donors (Lipinski definition) is 0. The topological polar surface area (TPSA) is 69.8 Å². The summed E-state index contributed by atoms with van der Waals surface area (Å²) in [5.74, 6) is 0. The molecule has 0 radical (unpaired) electrons. The largest absolute Gasteiger partial charge is 0.286 e. The molecule has 0 aliphatic carbocycles. The lowest BCUT2D eigenvalue weighted by molar-refractivity contribution is 0.577. The highest BCUT2D eigenvalue weighted by Gasteiger charge is 2.24. The van der Waals surface area contributed by atoms with Crippen LogP contribution in [0.3, 0.4) is 0 Å². The van der Waals surface area contributed by atoms with Crippen LogP contribution in [0.15, 0.2) is 17.2 Å². The van der Waals surface area contributed by atoms with Crippen LogP contribution in [-0.4, -0.2) is 27.4 Å². The first-order valence-electron chi connectivity index (χ1n) is 5.11. The monoisotopic (exact) mass is 254 g/mol. The Morgan fingerprint density at radius 1 is 1.18 bits per heavy atom. The van der Waals surface area contributed by atoms with Gasteiger partial charge in [0, 0.05) is 13.2 Å². The van der Waals surface area contributed by atoms with Gasteiger partial charge in [-0.15, -0.1) is 0 Å². The van der Waals surface area contributed by atoms with Crippen LogP contribution in [-0.2, 0) is 17.1 Å². The van der Waals surface area contributed by atoms with Crippen molar-refractivity contribution in [1.82, 2.24) is 19.0 Å². The fraction of sp³-hybridized carbons (Fsp3) is 0.400. The molecule has 92 valence electrons. The van der Waals surface area contributed by atoms with Crippen molar-refractivity contribution in [1.29, 1.82) is 0 Å². The molecule has 2 aromatic rings.